The highest BCUT2D eigenvalue weighted by Gasteiger charge is 1.90. The topological polar surface area (TPSA) is 30.8 Å². The molecule has 2 aromatic rings. The van der Waals surface area contributed by atoms with Crippen LogP contribution < -0.4 is 9.47 Å². The van der Waals surface area contributed by atoms with Gasteiger partial charge in [-0.2, -0.15) is 0 Å². The molecule has 3 nitrogen and oxygen atoms in total. The molecule has 0 aliphatic carbocycles. The minimum Gasteiger partial charge on any atom is -0.497 e. The first-order valence-corrected chi connectivity index (χ1v) is 6.30. The Morgan fingerprint density at radius 3 is 1.90 bits per heavy atom. The van der Waals surface area contributed by atoms with Gasteiger partial charge < -0.3 is 9.47 Å². The zero-order valence-electron chi connectivity index (χ0n) is 11.6. The minimum absolute atomic E-state index is 0.831. The van der Waals surface area contributed by atoms with Crippen LogP contribution in [0, 0.1) is 0 Å². The largest absolute Gasteiger partial charge is 0.497 e. The van der Waals surface area contributed by atoms with Crippen molar-refractivity contribution < 1.29 is 9.47 Å². The second-order valence-corrected chi connectivity index (χ2v) is 4.11. The second-order valence-electron chi connectivity index (χ2n) is 4.11. The third-order valence-corrected chi connectivity index (χ3v) is 2.79. The molecule has 20 heavy (non-hydrogen) atoms. The van der Waals surface area contributed by atoms with Crippen molar-refractivity contribution in [2.24, 2.45) is 4.99 Å². The van der Waals surface area contributed by atoms with Crippen LogP contribution in [0.3, 0.4) is 0 Å². The fraction of sp³-hybridized carbons (Fsp3) is 0.118. The first-order valence-electron chi connectivity index (χ1n) is 6.30. The van der Waals surface area contributed by atoms with Gasteiger partial charge in [0.05, 0.1) is 19.9 Å². The van der Waals surface area contributed by atoms with Crippen LogP contribution in [0.4, 0.5) is 5.69 Å². The van der Waals surface area contributed by atoms with Gasteiger partial charge in [-0.3, -0.25) is 4.99 Å². The maximum Gasteiger partial charge on any atom is 0.119 e. The highest BCUT2D eigenvalue weighted by molar-refractivity contribution is 5.80. The smallest absolute Gasteiger partial charge is 0.119 e. The molecule has 0 aliphatic rings. The lowest BCUT2D eigenvalue weighted by atomic mass is 10.2. The molecule has 0 amide bonds. The first kappa shape index (κ1) is 13.9. The molecule has 3 heteroatoms. The quantitative estimate of drug-likeness (QED) is 0.763. The summed E-state index contributed by atoms with van der Waals surface area (Å²) in [4.78, 5) is 4.34. The molecule has 0 N–H and O–H groups in total. The van der Waals surface area contributed by atoms with Crippen molar-refractivity contribution in [3.63, 3.8) is 0 Å². The predicted molar refractivity (Wildman–Crippen MR) is 83.2 cm³/mol. The normalized spacial score (nSPS) is 11.1. The van der Waals surface area contributed by atoms with E-state index in [-0.39, 0.29) is 0 Å². The number of nitrogens with zero attached hydrogens (tertiary/aromatic N) is 1. The van der Waals surface area contributed by atoms with Crippen LogP contribution in [0.15, 0.2) is 59.6 Å². The van der Waals surface area contributed by atoms with Crippen molar-refractivity contribution in [2.45, 2.75) is 0 Å². The molecule has 2 aromatic carbocycles. The van der Waals surface area contributed by atoms with Crippen LogP contribution in [0.25, 0.3) is 6.08 Å². The van der Waals surface area contributed by atoms with E-state index in [0.29, 0.717) is 0 Å². The van der Waals surface area contributed by atoms with Crippen molar-refractivity contribution in [2.75, 3.05) is 14.2 Å². The van der Waals surface area contributed by atoms with Crippen molar-refractivity contribution in [1.29, 1.82) is 0 Å². The SMILES string of the molecule is COc1ccc(/C=C/C=Nc2ccc(OC)cc2)cc1. The molecule has 0 saturated carbocycles. The van der Waals surface area contributed by atoms with E-state index in [4.69, 9.17) is 9.47 Å². The van der Waals surface area contributed by atoms with Gasteiger partial charge in [-0.15, -0.1) is 0 Å². The molecular formula is C17H17NO2. The predicted octanol–water partition coefficient (Wildman–Crippen LogP) is 4.12. The maximum absolute atomic E-state index is 5.11. The fourth-order valence-corrected chi connectivity index (χ4v) is 1.67. The van der Waals surface area contributed by atoms with Crippen molar-refractivity contribution in [3.8, 4) is 11.5 Å². The molecule has 0 atom stereocenters. The number of hydrogen-bond acceptors (Lipinski definition) is 3. The molecule has 102 valence electrons. The third-order valence-electron chi connectivity index (χ3n) is 2.79. The van der Waals surface area contributed by atoms with E-state index in [0.717, 1.165) is 22.7 Å². The van der Waals surface area contributed by atoms with Crippen LogP contribution in [0.5, 0.6) is 11.5 Å². The van der Waals surface area contributed by atoms with Crippen LogP contribution in [-0.4, -0.2) is 20.4 Å². The summed E-state index contributed by atoms with van der Waals surface area (Å²) in [6.07, 6.45) is 5.67. The molecule has 0 spiro atoms. The van der Waals surface area contributed by atoms with Gasteiger partial charge in [0.1, 0.15) is 11.5 Å². The Bertz CT molecular complexity index is 528. The maximum atomic E-state index is 5.11. The van der Waals surface area contributed by atoms with Gasteiger partial charge in [0, 0.05) is 6.21 Å². The summed E-state index contributed by atoms with van der Waals surface area (Å²) in [5.41, 5.74) is 2.00. The minimum atomic E-state index is 0.831. The lowest BCUT2D eigenvalue weighted by Gasteiger charge is -1.98. The van der Waals surface area contributed by atoms with Crippen LogP contribution in [-0.2, 0) is 0 Å². The van der Waals surface area contributed by atoms with E-state index in [1.165, 1.54) is 0 Å². The highest BCUT2D eigenvalue weighted by Crippen LogP contribution is 2.17. The van der Waals surface area contributed by atoms with Gasteiger partial charge in [0.2, 0.25) is 0 Å². The Labute approximate surface area is 119 Å². The number of benzene rings is 2. The van der Waals surface area contributed by atoms with Gasteiger partial charge in [-0.25, -0.2) is 0 Å². The Kier molecular flexibility index (Phi) is 4.95. The number of aliphatic imine (C=N–C) groups is 1. The molecule has 0 radical (unpaired) electrons. The van der Waals surface area contributed by atoms with Gasteiger partial charge in [-0.05, 0) is 48.0 Å². The molecule has 0 aliphatic heterocycles. The van der Waals surface area contributed by atoms with Crippen molar-refractivity contribution in [1.82, 2.24) is 0 Å². The Morgan fingerprint density at radius 1 is 0.800 bits per heavy atom. The first-order chi connectivity index (χ1) is 9.81. The molecule has 0 saturated heterocycles. The van der Waals surface area contributed by atoms with E-state index in [9.17, 15) is 0 Å². The standard InChI is InChI=1S/C17H17NO2/c1-19-16-9-5-14(6-10-16)4-3-13-18-15-7-11-17(20-2)12-8-15/h3-13H,1-2H3/b4-3+,18-13?. The Hall–Kier alpha value is -2.55. The van der Waals surface area contributed by atoms with Crippen molar-refractivity contribution >= 4 is 18.0 Å². The summed E-state index contributed by atoms with van der Waals surface area (Å²) in [7, 11) is 3.31. The number of methoxy groups -OCH3 is 2. The molecule has 0 aromatic heterocycles. The molecule has 0 unspecified atom stereocenters. The molecule has 0 heterocycles. The monoisotopic (exact) mass is 267 g/mol. The lowest BCUT2D eigenvalue weighted by molar-refractivity contribution is 0.414. The highest BCUT2D eigenvalue weighted by atomic mass is 16.5. The lowest BCUT2D eigenvalue weighted by Crippen LogP contribution is -1.81. The van der Waals surface area contributed by atoms with Gasteiger partial charge in [0.15, 0.2) is 0 Å². The van der Waals surface area contributed by atoms with E-state index in [1.807, 2.05) is 60.7 Å². The van der Waals surface area contributed by atoms with Crippen LogP contribution >= 0.6 is 0 Å². The van der Waals surface area contributed by atoms with Crippen LogP contribution in [0.1, 0.15) is 5.56 Å². The second kappa shape index (κ2) is 7.14. The zero-order valence-corrected chi connectivity index (χ0v) is 11.6. The number of allylic oxidation sites excluding steroid dienone is 1. The summed E-state index contributed by atoms with van der Waals surface area (Å²) in [6.45, 7) is 0. The van der Waals surface area contributed by atoms with Crippen molar-refractivity contribution in [3.05, 3.63) is 60.2 Å². The molecule has 2 rings (SSSR count). The number of ether oxygens (including phenoxy) is 2. The van der Waals surface area contributed by atoms with E-state index < -0.39 is 0 Å². The van der Waals surface area contributed by atoms with E-state index >= 15 is 0 Å². The summed E-state index contributed by atoms with van der Waals surface area (Å²) in [5, 5.41) is 0. The molecular weight excluding hydrogens is 250 g/mol. The average Bonchev–Trinajstić information content (AvgIpc) is 2.53. The molecule has 0 bridgehead atoms. The summed E-state index contributed by atoms with van der Waals surface area (Å²) >= 11 is 0. The number of rotatable bonds is 5. The van der Waals surface area contributed by atoms with Gasteiger partial charge in [-0.1, -0.05) is 18.2 Å². The number of hydrogen-bond donors (Lipinski definition) is 0. The third kappa shape index (κ3) is 3.99. The molecule has 0 fully saturated rings. The summed E-state index contributed by atoms with van der Waals surface area (Å²) in [6, 6.07) is 15.5. The Balaban J connectivity index is 1.95. The average molecular weight is 267 g/mol. The van der Waals surface area contributed by atoms with Gasteiger partial charge in [0.25, 0.3) is 0 Å². The summed E-state index contributed by atoms with van der Waals surface area (Å²) < 4.78 is 10.2. The summed E-state index contributed by atoms with van der Waals surface area (Å²) in [5.74, 6) is 1.69. The van der Waals surface area contributed by atoms with Gasteiger partial charge >= 0.3 is 0 Å². The Morgan fingerprint density at radius 2 is 1.35 bits per heavy atom. The van der Waals surface area contributed by atoms with E-state index in [2.05, 4.69) is 4.99 Å². The van der Waals surface area contributed by atoms with E-state index in [1.54, 1.807) is 20.4 Å². The zero-order chi connectivity index (χ0) is 14.2. The van der Waals surface area contributed by atoms with Crippen LogP contribution in [0.2, 0.25) is 0 Å². The fourth-order valence-electron chi connectivity index (χ4n) is 1.67.